The van der Waals surface area contributed by atoms with Crippen LogP contribution in [0.4, 0.5) is 5.69 Å². The van der Waals surface area contributed by atoms with Gasteiger partial charge >= 0.3 is 0 Å². The molecular weight excluding hydrogens is 362 g/mol. The predicted molar refractivity (Wildman–Crippen MR) is 116 cm³/mol. The zero-order valence-corrected chi connectivity index (χ0v) is 16.8. The molecule has 0 aliphatic rings. The van der Waals surface area contributed by atoms with Gasteiger partial charge in [-0.15, -0.1) is 0 Å². The van der Waals surface area contributed by atoms with Gasteiger partial charge in [-0.25, -0.2) is 4.98 Å². The van der Waals surface area contributed by atoms with Crippen molar-refractivity contribution in [1.29, 1.82) is 0 Å². The first-order chi connectivity index (χ1) is 14.1. The molecule has 2 aromatic carbocycles. The number of hydrogen-bond acceptors (Lipinski definition) is 3. The van der Waals surface area contributed by atoms with Crippen molar-refractivity contribution in [2.24, 2.45) is 0 Å². The Morgan fingerprint density at radius 2 is 1.72 bits per heavy atom. The van der Waals surface area contributed by atoms with Crippen LogP contribution in [0.3, 0.4) is 0 Å². The fraction of sp³-hybridized carbons (Fsp3) is 0.167. The number of amides is 1. The Balaban J connectivity index is 1.83. The molecule has 0 saturated heterocycles. The maximum absolute atomic E-state index is 13.4. The lowest BCUT2D eigenvalue weighted by Crippen LogP contribution is -2.16. The third-order valence-corrected chi connectivity index (χ3v) is 4.74. The average molecular weight is 385 g/mol. The van der Waals surface area contributed by atoms with Gasteiger partial charge in [-0.05, 0) is 44.5 Å². The quantitative estimate of drug-likeness (QED) is 0.509. The number of carbonyl (C=O) groups excluding carboxylic acids is 1. The Morgan fingerprint density at radius 1 is 1.00 bits per heavy atom. The number of rotatable bonds is 5. The van der Waals surface area contributed by atoms with Gasteiger partial charge in [0.1, 0.15) is 22.8 Å². The summed E-state index contributed by atoms with van der Waals surface area (Å²) in [6.07, 6.45) is 1.93. The van der Waals surface area contributed by atoms with E-state index in [1.165, 1.54) is 0 Å². The van der Waals surface area contributed by atoms with E-state index in [9.17, 15) is 4.79 Å². The van der Waals surface area contributed by atoms with Crippen LogP contribution in [0.15, 0.2) is 66.9 Å². The minimum absolute atomic E-state index is 0.231. The number of aromatic nitrogens is 2. The topological polar surface area (TPSA) is 55.6 Å². The van der Waals surface area contributed by atoms with E-state index < -0.39 is 0 Å². The molecule has 0 aliphatic heterocycles. The number of fused-ring (bicyclic) bond motifs is 1. The summed E-state index contributed by atoms with van der Waals surface area (Å²) in [6, 6.07) is 19.4. The summed E-state index contributed by atoms with van der Waals surface area (Å²) in [5, 5.41) is 3.01. The molecule has 0 aliphatic carbocycles. The van der Waals surface area contributed by atoms with Crippen LogP contribution in [0.1, 0.15) is 28.5 Å². The van der Waals surface area contributed by atoms with E-state index in [4.69, 9.17) is 9.72 Å². The molecule has 0 radical (unpaired) electrons. The van der Waals surface area contributed by atoms with E-state index in [-0.39, 0.29) is 5.91 Å². The SMILES string of the molecule is CCOc1ccccc1NC(=O)c1c(-c2ccc(C)cc2)nc2ccc(C)cn12. The minimum Gasteiger partial charge on any atom is -0.492 e. The Morgan fingerprint density at radius 3 is 2.48 bits per heavy atom. The third kappa shape index (κ3) is 3.72. The lowest BCUT2D eigenvalue weighted by atomic mass is 10.1. The number of nitrogens with zero attached hydrogens (tertiary/aromatic N) is 2. The fourth-order valence-corrected chi connectivity index (χ4v) is 3.31. The summed E-state index contributed by atoms with van der Waals surface area (Å²) in [5.74, 6) is 0.413. The van der Waals surface area contributed by atoms with Crippen molar-refractivity contribution < 1.29 is 9.53 Å². The molecule has 0 unspecified atom stereocenters. The van der Waals surface area contributed by atoms with Crippen LogP contribution in [-0.2, 0) is 0 Å². The zero-order valence-electron chi connectivity index (χ0n) is 16.8. The average Bonchev–Trinajstić information content (AvgIpc) is 3.09. The second-order valence-corrected chi connectivity index (χ2v) is 6.99. The van der Waals surface area contributed by atoms with Crippen LogP contribution in [-0.4, -0.2) is 21.9 Å². The van der Waals surface area contributed by atoms with Gasteiger partial charge in [0.15, 0.2) is 0 Å². The standard InChI is InChI=1S/C24H23N3O2/c1-4-29-20-8-6-5-7-19(20)25-24(28)23-22(18-12-9-16(2)10-13-18)26-21-14-11-17(3)15-27(21)23/h5-15H,4H2,1-3H3,(H,25,28). The Bertz CT molecular complexity index is 1180. The van der Waals surface area contributed by atoms with Gasteiger partial charge in [0.2, 0.25) is 0 Å². The minimum atomic E-state index is -0.231. The lowest BCUT2D eigenvalue weighted by Gasteiger charge is -2.12. The number of pyridine rings is 1. The summed E-state index contributed by atoms with van der Waals surface area (Å²) >= 11 is 0. The van der Waals surface area contributed by atoms with E-state index >= 15 is 0 Å². The van der Waals surface area contributed by atoms with Gasteiger partial charge in [-0.2, -0.15) is 0 Å². The molecule has 1 amide bonds. The number of aryl methyl sites for hydroxylation is 2. The van der Waals surface area contributed by atoms with Gasteiger partial charge in [-0.3, -0.25) is 9.20 Å². The predicted octanol–water partition coefficient (Wildman–Crippen LogP) is 5.27. The van der Waals surface area contributed by atoms with E-state index in [0.29, 0.717) is 29.4 Å². The maximum atomic E-state index is 13.4. The highest BCUT2D eigenvalue weighted by atomic mass is 16.5. The maximum Gasteiger partial charge on any atom is 0.275 e. The first-order valence-electron chi connectivity index (χ1n) is 9.65. The summed E-state index contributed by atoms with van der Waals surface area (Å²) < 4.78 is 7.50. The van der Waals surface area contributed by atoms with E-state index in [1.807, 2.05) is 92.0 Å². The number of ether oxygens (including phenoxy) is 1. The highest BCUT2D eigenvalue weighted by Crippen LogP contribution is 2.28. The summed E-state index contributed by atoms with van der Waals surface area (Å²) in [6.45, 7) is 6.48. The number of nitrogens with one attached hydrogen (secondary N) is 1. The van der Waals surface area contributed by atoms with Gasteiger partial charge in [-0.1, -0.05) is 48.0 Å². The number of anilines is 1. The summed E-state index contributed by atoms with van der Waals surface area (Å²) in [7, 11) is 0. The molecule has 4 aromatic rings. The van der Waals surface area contributed by atoms with E-state index in [2.05, 4.69) is 5.32 Å². The fourth-order valence-electron chi connectivity index (χ4n) is 3.31. The van der Waals surface area contributed by atoms with Crippen LogP contribution in [0.5, 0.6) is 5.75 Å². The molecule has 5 nitrogen and oxygen atoms in total. The highest BCUT2D eigenvalue weighted by Gasteiger charge is 2.21. The van der Waals surface area contributed by atoms with Crippen LogP contribution in [0.2, 0.25) is 0 Å². The molecule has 0 fully saturated rings. The smallest absolute Gasteiger partial charge is 0.275 e. The molecule has 2 aromatic heterocycles. The molecule has 29 heavy (non-hydrogen) atoms. The molecule has 5 heteroatoms. The van der Waals surface area contributed by atoms with Crippen LogP contribution in [0, 0.1) is 13.8 Å². The number of hydrogen-bond donors (Lipinski definition) is 1. The molecule has 146 valence electrons. The van der Waals surface area contributed by atoms with Crippen LogP contribution < -0.4 is 10.1 Å². The van der Waals surface area contributed by atoms with Crippen molar-refractivity contribution in [2.45, 2.75) is 20.8 Å². The number of para-hydroxylation sites is 2. The second kappa shape index (κ2) is 7.80. The molecule has 4 rings (SSSR count). The van der Waals surface area contributed by atoms with Gasteiger partial charge < -0.3 is 10.1 Å². The van der Waals surface area contributed by atoms with Crippen molar-refractivity contribution in [1.82, 2.24) is 9.38 Å². The van der Waals surface area contributed by atoms with Gasteiger partial charge in [0.05, 0.1) is 12.3 Å². The summed E-state index contributed by atoms with van der Waals surface area (Å²) in [5.41, 5.74) is 5.63. The normalized spacial score (nSPS) is 10.9. The van der Waals surface area contributed by atoms with Crippen LogP contribution in [0.25, 0.3) is 16.9 Å². The second-order valence-electron chi connectivity index (χ2n) is 6.99. The van der Waals surface area contributed by atoms with Crippen molar-refractivity contribution in [2.75, 3.05) is 11.9 Å². The number of carbonyl (C=O) groups is 1. The molecule has 2 heterocycles. The lowest BCUT2D eigenvalue weighted by molar-refractivity contribution is 0.102. The van der Waals surface area contributed by atoms with Crippen molar-refractivity contribution >= 4 is 17.2 Å². The van der Waals surface area contributed by atoms with Crippen molar-refractivity contribution in [3.05, 3.63) is 83.7 Å². The third-order valence-electron chi connectivity index (χ3n) is 4.74. The molecule has 0 atom stereocenters. The van der Waals surface area contributed by atoms with Crippen molar-refractivity contribution in [3.8, 4) is 17.0 Å². The monoisotopic (exact) mass is 385 g/mol. The molecule has 1 N–H and O–H groups in total. The summed E-state index contributed by atoms with van der Waals surface area (Å²) in [4.78, 5) is 18.1. The number of benzene rings is 2. The Hall–Kier alpha value is -3.60. The molecule has 0 spiro atoms. The van der Waals surface area contributed by atoms with Gasteiger partial charge in [0.25, 0.3) is 5.91 Å². The number of imidazole rings is 1. The highest BCUT2D eigenvalue weighted by molar-refractivity contribution is 6.08. The Kier molecular flexibility index (Phi) is 5.04. The molecule has 0 saturated carbocycles. The molecule has 0 bridgehead atoms. The first-order valence-corrected chi connectivity index (χ1v) is 9.65. The zero-order chi connectivity index (χ0) is 20.4. The Labute approximate surface area is 170 Å². The van der Waals surface area contributed by atoms with E-state index in [1.54, 1.807) is 0 Å². The van der Waals surface area contributed by atoms with E-state index in [0.717, 1.165) is 22.3 Å². The molecular formula is C24H23N3O2. The largest absolute Gasteiger partial charge is 0.492 e. The first kappa shape index (κ1) is 18.7. The van der Waals surface area contributed by atoms with Crippen molar-refractivity contribution in [3.63, 3.8) is 0 Å². The van der Waals surface area contributed by atoms with Crippen LogP contribution >= 0.6 is 0 Å². The van der Waals surface area contributed by atoms with Gasteiger partial charge in [0, 0.05) is 11.8 Å².